The first-order valence-corrected chi connectivity index (χ1v) is 8.87. The molecule has 1 fully saturated rings. The monoisotopic (exact) mass is 473 g/mol. The van der Waals surface area contributed by atoms with Crippen molar-refractivity contribution in [2.24, 2.45) is 0 Å². The van der Waals surface area contributed by atoms with E-state index in [4.69, 9.17) is 0 Å². The zero-order chi connectivity index (χ0) is 14.4. The number of nitrogens with zero attached hydrogens (tertiary/aromatic N) is 1. The minimum Gasteiger partial charge on any atom is -0.374 e. The lowest BCUT2D eigenvalue weighted by Gasteiger charge is -2.47. The highest BCUT2D eigenvalue weighted by Gasteiger charge is 2.43. The van der Waals surface area contributed by atoms with E-state index in [9.17, 15) is 0 Å². The summed E-state index contributed by atoms with van der Waals surface area (Å²) in [6, 6.07) is 0.722. The molecule has 1 atom stereocenters. The van der Waals surface area contributed by atoms with Crippen molar-refractivity contribution >= 4 is 53.0 Å². The van der Waals surface area contributed by atoms with Gasteiger partial charge in [-0.15, -0.1) is 0 Å². The topological polar surface area (TPSA) is 3.24 Å². The molecule has 0 unspecified atom stereocenters. The fourth-order valence-corrected chi connectivity index (χ4v) is 4.01. The van der Waals surface area contributed by atoms with Crippen LogP contribution in [0.2, 0.25) is 0 Å². The van der Waals surface area contributed by atoms with Crippen molar-refractivity contribution in [3.8, 4) is 0 Å². The minimum absolute atomic E-state index is 0.132. The third kappa shape index (κ3) is 4.87. The first-order valence-electron chi connectivity index (χ1n) is 6.71. The van der Waals surface area contributed by atoms with E-state index in [2.05, 4.69) is 99.1 Å². The molecule has 0 saturated heterocycles. The Morgan fingerprint density at radius 3 is 1.94 bits per heavy atom. The number of hydrogen-bond acceptors (Lipinski definition) is 1. The minimum atomic E-state index is 0.132. The van der Waals surface area contributed by atoms with Crippen molar-refractivity contribution in [2.75, 3.05) is 0 Å². The second-order valence-electron chi connectivity index (χ2n) is 7.23. The van der Waals surface area contributed by atoms with Crippen LogP contribution in [0, 0.1) is 0 Å². The molecule has 104 valence electrons. The standard InChI is InChI=1S/C14H26BI2N/c1-10(13(4,5)17)18(11-7-8-11)14(6,15)9-12(2,3)16/h11H,1,7-9,15H2,2-6H3/t14-/m0/s1. The molecule has 1 rings (SSSR count). The van der Waals surface area contributed by atoms with Gasteiger partial charge < -0.3 is 4.90 Å². The summed E-state index contributed by atoms with van der Waals surface area (Å²) in [5.41, 5.74) is 1.47. The van der Waals surface area contributed by atoms with Gasteiger partial charge in [-0.3, -0.25) is 0 Å². The number of alkyl halides is 2. The Balaban J connectivity index is 2.95. The van der Waals surface area contributed by atoms with Gasteiger partial charge >= 0.3 is 0 Å². The quantitative estimate of drug-likeness (QED) is 0.319. The summed E-state index contributed by atoms with van der Waals surface area (Å²) in [6.45, 7) is 15.9. The molecule has 0 aromatic heterocycles. The SMILES string of the molecule is B[C@](C)(CC(C)(C)I)N(C(=C)C(C)(C)I)C1CC1. The van der Waals surface area contributed by atoms with E-state index in [1.54, 1.807) is 0 Å². The van der Waals surface area contributed by atoms with Gasteiger partial charge in [-0.1, -0.05) is 65.6 Å². The predicted molar refractivity (Wildman–Crippen MR) is 102 cm³/mol. The Labute approximate surface area is 141 Å². The molecule has 0 bridgehead atoms. The van der Waals surface area contributed by atoms with Crippen LogP contribution >= 0.6 is 45.2 Å². The molecule has 1 nitrogen and oxygen atoms in total. The molecule has 1 aliphatic rings. The molecule has 1 aliphatic carbocycles. The molecule has 0 heterocycles. The summed E-state index contributed by atoms with van der Waals surface area (Å²) in [7, 11) is 2.37. The van der Waals surface area contributed by atoms with Crippen LogP contribution in [0.25, 0.3) is 0 Å². The van der Waals surface area contributed by atoms with Gasteiger partial charge in [-0.25, -0.2) is 0 Å². The normalized spacial score (nSPS) is 20.4. The molecule has 0 amide bonds. The van der Waals surface area contributed by atoms with Crippen LogP contribution in [0.15, 0.2) is 12.3 Å². The van der Waals surface area contributed by atoms with Gasteiger partial charge in [0.05, 0.1) is 3.42 Å². The second kappa shape index (κ2) is 5.45. The van der Waals surface area contributed by atoms with E-state index in [1.165, 1.54) is 25.0 Å². The number of rotatable bonds is 6. The van der Waals surface area contributed by atoms with Crippen LogP contribution in [0.3, 0.4) is 0 Å². The highest BCUT2D eigenvalue weighted by Crippen LogP contribution is 2.43. The Morgan fingerprint density at radius 1 is 1.22 bits per heavy atom. The molecule has 1 saturated carbocycles. The summed E-state index contributed by atoms with van der Waals surface area (Å²) in [5, 5.41) is 0. The van der Waals surface area contributed by atoms with Crippen LogP contribution in [0.5, 0.6) is 0 Å². The van der Waals surface area contributed by atoms with Crippen LogP contribution in [-0.4, -0.2) is 31.1 Å². The zero-order valence-corrected chi connectivity index (χ0v) is 16.9. The van der Waals surface area contributed by atoms with Crippen molar-refractivity contribution in [3.05, 3.63) is 12.3 Å². The van der Waals surface area contributed by atoms with Gasteiger partial charge in [-0.05, 0) is 40.0 Å². The van der Waals surface area contributed by atoms with Crippen molar-refractivity contribution in [2.45, 2.75) is 72.2 Å². The maximum Gasteiger partial charge on any atom is 0.134 e. The number of halogens is 2. The van der Waals surface area contributed by atoms with Crippen molar-refractivity contribution in [1.82, 2.24) is 4.90 Å². The highest BCUT2D eigenvalue weighted by atomic mass is 127. The molecular formula is C14H26BI2N. The Hall–Kier alpha value is 1.06. The lowest BCUT2D eigenvalue weighted by Crippen LogP contribution is -2.52. The smallest absolute Gasteiger partial charge is 0.134 e. The number of allylic oxidation sites excluding steroid dienone is 1. The first kappa shape index (κ1) is 17.1. The summed E-state index contributed by atoms with van der Waals surface area (Å²) in [6.07, 6.45) is 3.84. The van der Waals surface area contributed by atoms with Crippen LogP contribution in [0.1, 0.15) is 53.9 Å². The average Bonchev–Trinajstić information content (AvgIpc) is 2.80. The van der Waals surface area contributed by atoms with Gasteiger partial charge in [0.25, 0.3) is 0 Å². The zero-order valence-electron chi connectivity index (χ0n) is 12.6. The second-order valence-corrected chi connectivity index (χ2v) is 12.8. The average molecular weight is 473 g/mol. The summed E-state index contributed by atoms with van der Waals surface area (Å²) in [4.78, 5) is 2.61. The molecule has 0 aromatic carbocycles. The summed E-state index contributed by atoms with van der Waals surface area (Å²) >= 11 is 5.08. The maximum absolute atomic E-state index is 4.40. The third-order valence-electron chi connectivity index (χ3n) is 3.39. The van der Waals surface area contributed by atoms with E-state index in [-0.39, 0.29) is 8.86 Å². The molecule has 0 aliphatic heterocycles. The number of hydrogen-bond donors (Lipinski definition) is 0. The largest absolute Gasteiger partial charge is 0.374 e. The lowest BCUT2D eigenvalue weighted by atomic mass is 9.71. The van der Waals surface area contributed by atoms with Crippen LogP contribution < -0.4 is 0 Å². The van der Waals surface area contributed by atoms with Crippen LogP contribution in [-0.2, 0) is 0 Å². The molecule has 0 spiro atoms. The maximum atomic E-state index is 4.40. The van der Waals surface area contributed by atoms with E-state index in [0.717, 1.165) is 6.04 Å². The lowest BCUT2D eigenvalue weighted by molar-refractivity contribution is 0.188. The van der Waals surface area contributed by atoms with Crippen LogP contribution in [0.4, 0.5) is 0 Å². The fraction of sp³-hybridized carbons (Fsp3) is 0.857. The van der Waals surface area contributed by atoms with Gasteiger partial charge in [-0.2, -0.15) is 0 Å². The van der Waals surface area contributed by atoms with E-state index >= 15 is 0 Å². The molecule has 4 heteroatoms. The molecule has 0 radical (unpaired) electrons. The van der Waals surface area contributed by atoms with Crippen molar-refractivity contribution < 1.29 is 0 Å². The van der Waals surface area contributed by atoms with Crippen molar-refractivity contribution in [1.29, 1.82) is 0 Å². The summed E-state index contributed by atoms with van der Waals surface area (Å²) < 4.78 is 0.455. The van der Waals surface area contributed by atoms with E-state index in [0.29, 0.717) is 3.42 Å². The Bertz CT molecular complexity index is 322. The van der Waals surface area contributed by atoms with Crippen molar-refractivity contribution in [3.63, 3.8) is 0 Å². The van der Waals surface area contributed by atoms with Gasteiger partial charge in [0.1, 0.15) is 7.85 Å². The fourth-order valence-electron chi connectivity index (χ4n) is 2.81. The Morgan fingerprint density at radius 2 is 1.67 bits per heavy atom. The summed E-state index contributed by atoms with van der Waals surface area (Å²) in [5.74, 6) is 0. The van der Waals surface area contributed by atoms with Gasteiger partial charge in [0, 0.05) is 20.6 Å². The molecular weight excluding hydrogens is 447 g/mol. The highest BCUT2D eigenvalue weighted by molar-refractivity contribution is 14.1. The molecule has 18 heavy (non-hydrogen) atoms. The molecule has 0 N–H and O–H groups in total. The predicted octanol–water partition coefficient (Wildman–Crippen LogP) is 4.13. The van der Waals surface area contributed by atoms with E-state index in [1.807, 2.05) is 0 Å². The van der Waals surface area contributed by atoms with Gasteiger partial charge in [0.2, 0.25) is 0 Å². The molecule has 0 aromatic rings. The first-order chi connectivity index (χ1) is 7.84. The van der Waals surface area contributed by atoms with E-state index < -0.39 is 0 Å². The van der Waals surface area contributed by atoms with Gasteiger partial charge in [0.15, 0.2) is 0 Å². The Kier molecular flexibility index (Phi) is 5.18. The third-order valence-corrected chi connectivity index (χ3v) is 4.40.